The number of nitrogens with zero attached hydrogens (tertiary/aromatic N) is 2. The van der Waals surface area contributed by atoms with Crippen molar-refractivity contribution in [2.75, 3.05) is 11.9 Å². The molecule has 1 fully saturated rings. The molecule has 25 heavy (non-hydrogen) atoms. The maximum absolute atomic E-state index is 11.6. The Morgan fingerprint density at radius 2 is 2.16 bits per heavy atom. The van der Waals surface area contributed by atoms with Gasteiger partial charge in [-0.25, -0.2) is 9.78 Å². The first kappa shape index (κ1) is 17.7. The molecule has 2 unspecified atom stereocenters. The predicted molar refractivity (Wildman–Crippen MR) is 92.2 cm³/mol. The van der Waals surface area contributed by atoms with Gasteiger partial charge in [-0.15, -0.1) is 0 Å². The molecule has 2 aliphatic rings. The third-order valence-electron chi connectivity index (χ3n) is 5.19. The van der Waals surface area contributed by atoms with E-state index in [1.165, 1.54) is 11.8 Å². The number of hydrogen-bond acceptors (Lipinski definition) is 4. The Morgan fingerprint density at radius 3 is 2.76 bits per heavy atom. The number of fused-ring (bicyclic) bond motifs is 2. The highest BCUT2D eigenvalue weighted by atomic mass is 16.5. The number of aromatic nitrogens is 1. The lowest BCUT2D eigenvalue weighted by molar-refractivity contribution is -0.114. The van der Waals surface area contributed by atoms with Crippen molar-refractivity contribution in [3.8, 4) is 0 Å². The summed E-state index contributed by atoms with van der Waals surface area (Å²) in [6.07, 6.45) is 2.10. The lowest BCUT2D eigenvalue weighted by Gasteiger charge is -2.48. The van der Waals surface area contributed by atoms with Crippen LogP contribution in [0.5, 0.6) is 0 Å². The number of hydrogen-bond donors (Lipinski definition) is 2. The maximum atomic E-state index is 11.6. The summed E-state index contributed by atoms with van der Waals surface area (Å²) in [4.78, 5) is 28.7. The fourth-order valence-corrected chi connectivity index (χ4v) is 3.93. The lowest BCUT2D eigenvalue weighted by Crippen LogP contribution is -2.55. The highest BCUT2D eigenvalue weighted by Crippen LogP contribution is 2.48. The van der Waals surface area contributed by atoms with E-state index in [4.69, 9.17) is 4.74 Å². The first-order chi connectivity index (χ1) is 11.6. The molecule has 7 heteroatoms. The molecule has 1 saturated heterocycles. The minimum absolute atomic E-state index is 0.139. The Hall–Kier alpha value is -2.15. The number of amides is 2. The van der Waals surface area contributed by atoms with Gasteiger partial charge in [0.2, 0.25) is 5.91 Å². The van der Waals surface area contributed by atoms with E-state index in [-0.39, 0.29) is 17.4 Å². The van der Waals surface area contributed by atoms with E-state index < -0.39 is 11.7 Å². The van der Waals surface area contributed by atoms with Gasteiger partial charge < -0.3 is 20.1 Å². The normalized spacial score (nSPS) is 25.8. The zero-order valence-electron chi connectivity index (χ0n) is 15.1. The summed E-state index contributed by atoms with van der Waals surface area (Å²) in [7, 11) is 0. The summed E-state index contributed by atoms with van der Waals surface area (Å²) in [5.74, 6) is 0.353. The standard InChI is InChI=1S/C18H25N3O4/c1-11(22)20-15-7-12-10-25-18(13(12)9-19-15)5-6-21(16(23)24)14(8-18)17(2,3)4/h7,9,14H,5-6,8,10H2,1-4H3,(H,23,24)(H,19,20,22). The number of anilines is 1. The number of carbonyl (C=O) groups is 2. The van der Waals surface area contributed by atoms with Crippen LogP contribution in [0.1, 0.15) is 51.7 Å². The summed E-state index contributed by atoms with van der Waals surface area (Å²) < 4.78 is 6.19. The topological polar surface area (TPSA) is 91.8 Å². The van der Waals surface area contributed by atoms with Crippen LogP contribution in [0.4, 0.5) is 10.6 Å². The quantitative estimate of drug-likeness (QED) is 0.815. The molecule has 0 aliphatic carbocycles. The van der Waals surface area contributed by atoms with E-state index in [1.54, 1.807) is 6.20 Å². The van der Waals surface area contributed by atoms with Crippen LogP contribution in [0, 0.1) is 5.41 Å². The highest BCUT2D eigenvalue weighted by Gasteiger charge is 2.50. The van der Waals surface area contributed by atoms with Crippen LogP contribution in [0.25, 0.3) is 0 Å². The molecule has 1 spiro atoms. The summed E-state index contributed by atoms with van der Waals surface area (Å²) in [5.41, 5.74) is 1.33. The van der Waals surface area contributed by atoms with Gasteiger partial charge in [-0.2, -0.15) is 0 Å². The molecule has 1 aromatic rings. The molecule has 3 rings (SSSR count). The third-order valence-corrected chi connectivity index (χ3v) is 5.19. The SMILES string of the molecule is CC(=O)Nc1cc2c(cn1)C1(CCN(C(=O)O)C(C(C)(C)C)C1)OC2. The molecule has 2 N–H and O–H groups in total. The van der Waals surface area contributed by atoms with Crippen LogP contribution in [0.3, 0.4) is 0 Å². The zero-order chi connectivity index (χ0) is 18.4. The molecule has 0 bridgehead atoms. The predicted octanol–water partition coefficient (Wildman–Crippen LogP) is 2.95. The molecule has 1 aromatic heterocycles. The second-order valence-electron chi connectivity index (χ2n) is 8.00. The number of ether oxygens (including phenoxy) is 1. The average molecular weight is 347 g/mol. The summed E-state index contributed by atoms with van der Waals surface area (Å²) in [6, 6.07) is 1.71. The molecule has 0 radical (unpaired) electrons. The average Bonchev–Trinajstić information content (AvgIpc) is 2.83. The van der Waals surface area contributed by atoms with Gasteiger partial charge in [0, 0.05) is 37.7 Å². The second-order valence-corrected chi connectivity index (χ2v) is 8.00. The number of likely N-dealkylation sites (tertiary alicyclic amines) is 1. The van der Waals surface area contributed by atoms with Gasteiger partial charge in [-0.1, -0.05) is 20.8 Å². The Balaban J connectivity index is 1.92. The van der Waals surface area contributed by atoms with Crippen LogP contribution in [-0.4, -0.2) is 39.6 Å². The van der Waals surface area contributed by atoms with Crippen molar-refractivity contribution in [3.05, 3.63) is 23.4 Å². The van der Waals surface area contributed by atoms with Crippen LogP contribution >= 0.6 is 0 Å². The largest absolute Gasteiger partial charge is 0.465 e. The Morgan fingerprint density at radius 1 is 1.44 bits per heavy atom. The van der Waals surface area contributed by atoms with Crippen LogP contribution < -0.4 is 5.32 Å². The number of carboxylic acid groups (broad SMARTS) is 1. The smallest absolute Gasteiger partial charge is 0.407 e. The maximum Gasteiger partial charge on any atom is 0.407 e. The van der Waals surface area contributed by atoms with Gasteiger partial charge in [-0.05, 0) is 23.5 Å². The van der Waals surface area contributed by atoms with Crippen LogP contribution in [-0.2, 0) is 21.7 Å². The molecule has 2 amide bonds. The summed E-state index contributed by atoms with van der Waals surface area (Å²) >= 11 is 0. The lowest BCUT2D eigenvalue weighted by atomic mass is 9.73. The Kier molecular flexibility index (Phi) is 4.23. The van der Waals surface area contributed by atoms with E-state index in [0.717, 1.165) is 11.1 Å². The summed E-state index contributed by atoms with van der Waals surface area (Å²) in [5, 5.41) is 12.2. The van der Waals surface area contributed by atoms with Crippen molar-refractivity contribution in [3.63, 3.8) is 0 Å². The highest BCUT2D eigenvalue weighted by molar-refractivity contribution is 5.87. The van der Waals surface area contributed by atoms with E-state index in [9.17, 15) is 14.7 Å². The van der Waals surface area contributed by atoms with E-state index in [1.807, 2.05) is 6.07 Å². The van der Waals surface area contributed by atoms with Crippen molar-refractivity contribution >= 4 is 17.8 Å². The van der Waals surface area contributed by atoms with E-state index in [0.29, 0.717) is 31.8 Å². The molecule has 0 saturated carbocycles. The van der Waals surface area contributed by atoms with Crippen molar-refractivity contribution in [2.45, 2.75) is 58.8 Å². The number of carbonyl (C=O) groups excluding carboxylic acids is 1. The van der Waals surface area contributed by atoms with E-state index in [2.05, 4.69) is 31.1 Å². The van der Waals surface area contributed by atoms with Crippen molar-refractivity contribution in [2.24, 2.45) is 5.41 Å². The van der Waals surface area contributed by atoms with Crippen molar-refractivity contribution < 1.29 is 19.4 Å². The number of piperidine rings is 1. The minimum Gasteiger partial charge on any atom is -0.465 e. The van der Waals surface area contributed by atoms with Gasteiger partial charge in [0.15, 0.2) is 0 Å². The van der Waals surface area contributed by atoms with E-state index >= 15 is 0 Å². The zero-order valence-corrected chi connectivity index (χ0v) is 15.1. The van der Waals surface area contributed by atoms with Crippen molar-refractivity contribution in [1.29, 1.82) is 0 Å². The molecular weight excluding hydrogens is 322 g/mol. The molecular formula is C18H25N3O4. The number of pyridine rings is 1. The van der Waals surface area contributed by atoms with Gasteiger partial charge >= 0.3 is 6.09 Å². The first-order valence-electron chi connectivity index (χ1n) is 8.53. The van der Waals surface area contributed by atoms with Gasteiger partial charge in [0.25, 0.3) is 0 Å². The number of nitrogens with one attached hydrogen (secondary N) is 1. The second kappa shape index (κ2) is 5.98. The fourth-order valence-electron chi connectivity index (χ4n) is 3.93. The van der Waals surface area contributed by atoms with Gasteiger partial charge in [-0.3, -0.25) is 4.79 Å². The van der Waals surface area contributed by atoms with Gasteiger partial charge in [0.1, 0.15) is 5.82 Å². The number of rotatable bonds is 1. The monoisotopic (exact) mass is 347 g/mol. The first-order valence-corrected chi connectivity index (χ1v) is 8.53. The molecule has 0 aromatic carbocycles. The van der Waals surface area contributed by atoms with Crippen LogP contribution in [0.15, 0.2) is 12.3 Å². The molecule has 2 atom stereocenters. The minimum atomic E-state index is -0.882. The van der Waals surface area contributed by atoms with Crippen molar-refractivity contribution in [1.82, 2.24) is 9.88 Å². The molecule has 3 heterocycles. The molecule has 7 nitrogen and oxygen atoms in total. The molecule has 136 valence electrons. The van der Waals surface area contributed by atoms with Gasteiger partial charge in [0.05, 0.1) is 12.2 Å². The Labute approximate surface area is 147 Å². The third kappa shape index (κ3) is 3.20. The molecule has 2 aliphatic heterocycles. The Bertz CT molecular complexity index is 713. The fraction of sp³-hybridized carbons (Fsp3) is 0.611. The van der Waals surface area contributed by atoms with Crippen LogP contribution in [0.2, 0.25) is 0 Å². The summed E-state index contributed by atoms with van der Waals surface area (Å²) in [6.45, 7) is 8.50.